The van der Waals surface area contributed by atoms with E-state index < -0.39 is 36.4 Å². The second-order valence-electron chi connectivity index (χ2n) is 6.40. The number of unbranched alkanes of at least 4 members (excludes halogenated alkanes) is 1. The summed E-state index contributed by atoms with van der Waals surface area (Å²) >= 11 is 0. The molecule has 12 heteroatoms. The van der Waals surface area contributed by atoms with E-state index in [-0.39, 0.29) is 31.3 Å². The van der Waals surface area contributed by atoms with Crippen LogP contribution < -0.4 is 32.7 Å². The van der Waals surface area contributed by atoms with Gasteiger partial charge >= 0.3 is 5.97 Å². The Hall–Kier alpha value is -2.73. The molecule has 0 unspecified atom stereocenters. The number of hydrogen-bond acceptors (Lipinski definition) is 7. The van der Waals surface area contributed by atoms with Crippen molar-refractivity contribution in [3.05, 3.63) is 0 Å². The van der Waals surface area contributed by atoms with E-state index in [1.54, 1.807) is 0 Å². The number of amides is 4. The molecule has 166 valence electrons. The van der Waals surface area contributed by atoms with E-state index in [4.69, 9.17) is 16.6 Å². The zero-order valence-electron chi connectivity index (χ0n) is 16.7. The lowest BCUT2D eigenvalue weighted by Crippen LogP contribution is -2.53. The number of hydrogen-bond donors (Lipinski definition) is 7. The lowest BCUT2D eigenvalue weighted by Gasteiger charge is -2.21. The predicted octanol–water partition coefficient (Wildman–Crippen LogP) is -2.84. The lowest BCUT2D eigenvalue weighted by atomic mass is 10.1. The second kappa shape index (κ2) is 15.2. The summed E-state index contributed by atoms with van der Waals surface area (Å²) in [7, 11) is 0. The third-order valence-electron chi connectivity index (χ3n) is 3.85. The van der Waals surface area contributed by atoms with Gasteiger partial charge < -0.3 is 37.8 Å². The summed E-state index contributed by atoms with van der Waals surface area (Å²) < 4.78 is 0. The summed E-state index contributed by atoms with van der Waals surface area (Å²) in [6, 6.07) is -1.83. The Kier molecular flexibility index (Phi) is 13.8. The van der Waals surface area contributed by atoms with Crippen LogP contribution in [0.2, 0.25) is 0 Å². The van der Waals surface area contributed by atoms with Crippen molar-refractivity contribution in [2.45, 2.75) is 51.1 Å². The number of carboxylic acid groups (broad SMARTS) is 1. The van der Waals surface area contributed by atoms with Gasteiger partial charge in [-0.1, -0.05) is 0 Å². The van der Waals surface area contributed by atoms with Crippen molar-refractivity contribution in [2.24, 2.45) is 11.5 Å². The molecule has 0 saturated carbocycles. The lowest BCUT2D eigenvalue weighted by molar-refractivity contribution is -0.138. The van der Waals surface area contributed by atoms with Crippen molar-refractivity contribution in [1.82, 2.24) is 21.3 Å². The van der Waals surface area contributed by atoms with Crippen molar-refractivity contribution in [3.63, 3.8) is 0 Å². The van der Waals surface area contributed by atoms with Gasteiger partial charge in [0.15, 0.2) is 0 Å². The average Bonchev–Trinajstić information content (AvgIpc) is 2.68. The third-order valence-corrected chi connectivity index (χ3v) is 3.85. The molecular weight excluding hydrogens is 384 g/mol. The fourth-order valence-electron chi connectivity index (χ4n) is 2.27. The first-order valence-electron chi connectivity index (χ1n) is 9.47. The van der Waals surface area contributed by atoms with Crippen LogP contribution >= 0.6 is 0 Å². The molecule has 0 aliphatic rings. The molecule has 12 nitrogen and oxygen atoms in total. The largest absolute Gasteiger partial charge is 0.480 e. The van der Waals surface area contributed by atoms with Gasteiger partial charge in [0, 0.05) is 13.0 Å². The van der Waals surface area contributed by atoms with E-state index in [1.165, 1.54) is 6.92 Å². The van der Waals surface area contributed by atoms with Gasteiger partial charge in [-0.3, -0.25) is 24.0 Å². The summed E-state index contributed by atoms with van der Waals surface area (Å²) in [5.74, 6) is -3.10. The molecule has 2 atom stereocenters. The fraction of sp³-hybridized carbons (Fsp3) is 0.706. The third kappa shape index (κ3) is 13.1. The molecule has 0 rings (SSSR count). The Morgan fingerprint density at radius 1 is 0.897 bits per heavy atom. The summed E-state index contributed by atoms with van der Waals surface area (Å²) in [5, 5.41) is 18.4. The highest BCUT2D eigenvalue weighted by molar-refractivity contribution is 5.92. The van der Waals surface area contributed by atoms with Crippen LogP contribution in [0, 0.1) is 0 Å². The summed E-state index contributed by atoms with van der Waals surface area (Å²) in [5.41, 5.74) is 10.6. The first-order chi connectivity index (χ1) is 13.7. The number of nitrogens with one attached hydrogen (secondary N) is 4. The van der Waals surface area contributed by atoms with E-state index in [2.05, 4.69) is 21.3 Å². The van der Waals surface area contributed by atoms with E-state index in [1.807, 2.05) is 0 Å². The van der Waals surface area contributed by atoms with Gasteiger partial charge in [-0.25, -0.2) is 0 Å². The highest BCUT2D eigenvalue weighted by Crippen LogP contribution is 2.03. The van der Waals surface area contributed by atoms with Gasteiger partial charge in [0.25, 0.3) is 0 Å². The van der Waals surface area contributed by atoms with Crippen LogP contribution in [0.3, 0.4) is 0 Å². The zero-order valence-corrected chi connectivity index (χ0v) is 16.7. The van der Waals surface area contributed by atoms with Gasteiger partial charge in [0.1, 0.15) is 18.6 Å². The fourth-order valence-corrected chi connectivity index (χ4v) is 2.27. The summed E-state index contributed by atoms with van der Waals surface area (Å²) in [6.45, 7) is 1.45. The monoisotopic (exact) mass is 416 g/mol. The minimum Gasteiger partial charge on any atom is -0.480 e. The van der Waals surface area contributed by atoms with Crippen LogP contribution in [0.1, 0.15) is 39.0 Å². The van der Waals surface area contributed by atoms with E-state index in [9.17, 15) is 24.0 Å². The van der Waals surface area contributed by atoms with E-state index in [0.717, 1.165) is 0 Å². The summed E-state index contributed by atoms with van der Waals surface area (Å²) in [4.78, 5) is 57.9. The standard InChI is InChI=1S/C17H32N6O6/c1-11(16(28)21-10-15(26)27)22-17(29)12(5-2-3-7-18)23-13(24)6-4-8-20-14(25)9-19/h11-12H,2-10,18-19H2,1H3,(H,20,25)(H,21,28)(H,22,29)(H,23,24)(H,26,27)/t11-,12+/m1/s1. The molecule has 4 amide bonds. The van der Waals surface area contributed by atoms with Crippen LogP contribution in [0.5, 0.6) is 0 Å². The zero-order chi connectivity index (χ0) is 22.2. The quantitative estimate of drug-likeness (QED) is 0.138. The molecule has 0 aromatic rings. The van der Waals surface area contributed by atoms with Crippen molar-refractivity contribution in [1.29, 1.82) is 0 Å². The number of nitrogens with two attached hydrogens (primary N) is 2. The van der Waals surface area contributed by atoms with Crippen molar-refractivity contribution < 1.29 is 29.1 Å². The molecule has 0 heterocycles. The van der Waals surface area contributed by atoms with Crippen LogP contribution in [0.25, 0.3) is 0 Å². The Labute approximate surface area is 169 Å². The Morgan fingerprint density at radius 2 is 1.59 bits per heavy atom. The highest BCUT2D eigenvalue weighted by atomic mass is 16.4. The van der Waals surface area contributed by atoms with Crippen LogP contribution in [-0.4, -0.2) is 73.0 Å². The molecule has 0 aromatic heterocycles. The first kappa shape index (κ1) is 26.3. The maximum Gasteiger partial charge on any atom is 0.322 e. The van der Waals surface area contributed by atoms with Gasteiger partial charge in [-0.15, -0.1) is 0 Å². The molecule has 29 heavy (non-hydrogen) atoms. The molecule has 0 fully saturated rings. The molecule has 0 spiro atoms. The molecule has 0 saturated heterocycles. The van der Waals surface area contributed by atoms with Gasteiger partial charge in [-0.2, -0.15) is 0 Å². The smallest absolute Gasteiger partial charge is 0.322 e. The van der Waals surface area contributed by atoms with Crippen LogP contribution in [-0.2, 0) is 24.0 Å². The maximum atomic E-state index is 12.5. The number of aliphatic carboxylic acids is 1. The normalized spacial score (nSPS) is 12.4. The molecule has 0 aliphatic carbocycles. The maximum absolute atomic E-state index is 12.5. The number of carbonyl (C=O) groups is 5. The van der Waals surface area contributed by atoms with Crippen LogP contribution in [0.15, 0.2) is 0 Å². The average molecular weight is 416 g/mol. The highest BCUT2D eigenvalue weighted by Gasteiger charge is 2.24. The Bertz CT molecular complexity index is 571. The van der Waals surface area contributed by atoms with E-state index in [0.29, 0.717) is 32.2 Å². The molecular formula is C17H32N6O6. The summed E-state index contributed by atoms with van der Waals surface area (Å²) in [6.07, 6.45) is 2.07. The van der Waals surface area contributed by atoms with Crippen LogP contribution in [0.4, 0.5) is 0 Å². The van der Waals surface area contributed by atoms with Gasteiger partial charge in [-0.05, 0) is 39.2 Å². The van der Waals surface area contributed by atoms with Gasteiger partial charge in [0.05, 0.1) is 6.54 Å². The molecule has 0 aliphatic heterocycles. The second-order valence-corrected chi connectivity index (χ2v) is 6.40. The Balaban J connectivity index is 4.62. The predicted molar refractivity (Wildman–Crippen MR) is 104 cm³/mol. The first-order valence-corrected chi connectivity index (χ1v) is 9.47. The number of carboxylic acids is 1. The number of carbonyl (C=O) groups excluding carboxylic acids is 4. The number of rotatable bonds is 15. The van der Waals surface area contributed by atoms with Crippen molar-refractivity contribution in [3.8, 4) is 0 Å². The topological polar surface area (TPSA) is 206 Å². The minimum absolute atomic E-state index is 0.0974. The Morgan fingerprint density at radius 3 is 2.17 bits per heavy atom. The van der Waals surface area contributed by atoms with E-state index >= 15 is 0 Å². The molecule has 9 N–H and O–H groups in total. The van der Waals surface area contributed by atoms with Gasteiger partial charge in [0.2, 0.25) is 23.6 Å². The molecule has 0 bridgehead atoms. The van der Waals surface area contributed by atoms with Crippen molar-refractivity contribution in [2.75, 3.05) is 26.2 Å². The molecule has 0 radical (unpaired) electrons. The SMILES string of the molecule is C[C@@H](NC(=O)[C@H](CCCCN)NC(=O)CCCNC(=O)CN)C(=O)NCC(=O)O. The molecule has 0 aromatic carbocycles. The van der Waals surface area contributed by atoms with Crippen molar-refractivity contribution >= 4 is 29.6 Å². The minimum atomic E-state index is -1.20.